The van der Waals surface area contributed by atoms with Crippen LogP contribution in [0.5, 0.6) is 5.88 Å². The SMILES string of the molecule is COc1cc(C(=O)O)nc(SC)n1. The normalized spacial score (nSPS) is 9.69. The first-order valence-corrected chi connectivity index (χ1v) is 4.60. The van der Waals surface area contributed by atoms with Crippen molar-refractivity contribution in [3.8, 4) is 5.88 Å². The minimum atomic E-state index is -1.09. The van der Waals surface area contributed by atoms with Crippen molar-refractivity contribution < 1.29 is 14.6 Å². The summed E-state index contributed by atoms with van der Waals surface area (Å²) in [7, 11) is 1.43. The molecule has 0 fully saturated rings. The largest absolute Gasteiger partial charge is 0.481 e. The Kier molecular flexibility index (Phi) is 3.07. The molecule has 1 N–H and O–H groups in total. The minimum absolute atomic E-state index is 0.0591. The van der Waals surface area contributed by atoms with E-state index in [0.29, 0.717) is 5.16 Å². The highest BCUT2D eigenvalue weighted by Gasteiger charge is 2.09. The number of carboxylic acid groups (broad SMARTS) is 1. The second kappa shape index (κ2) is 4.08. The van der Waals surface area contributed by atoms with E-state index in [9.17, 15) is 4.79 Å². The monoisotopic (exact) mass is 200 g/mol. The van der Waals surface area contributed by atoms with Gasteiger partial charge in [0.25, 0.3) is 0 Å². The van der Waals surface area contributed by atoms with Gasteiger partial charge in [-0.3, -0.25) is 0 Å². The number of methoxy groups -OCH3 is 1. The molecule has 0 aliphatic rings. The Morgan fingerprint density at radius 3 is 2.77 bits per heavy atom. The average Bonchev–Trinajstić information content (AvgIpc) is 2.16. The second-order valence-corrected chi connectivity index (χ2v) is 2.86. The first kappa shape index (κ1) is 9.79. The van der Waals surface area contributed by atoms with Crippen LogP contribution < -0.4 is 4.74 Å². The third kappa shape index (κ3) is 2.32. The van der Waals surface area contributed by atoms with Crippen molar-refractivity contribution in [3.63, 3.8) is 0 Å². The second-order valence-electron chi connectivity index (χ2n) is 2.09. The topological polar surface area (TPSA) is 72.3 Å². The molecule has 0 unspecified atom stereocenters. The smallest absolute Gasteiger partial charge is 0.354 e. The van der Waals surface area contributed by atoms with Crippen LogP contribution in [0, 0.1) is 0 Å². The first-order valence-electron chi connectivity index (χ1n) is 3.37. The van der Waals surface area contributed by atoms with E-state index < -0.39 is 5.97 Å². The van der Waals surface area contributed by atoms with Crippen molar-refractivity contribution >= 4 is 17.7 Å². The van der Waals surface area contributed by atoms with Crippen molar-refractivity contribution in [2.24, 2.45) is 0 Å². The number of aromatic carboxylic acids is 1. The van der Waals surface area contributed by atoms with Gasteiger partial charge in [0.2, 0.25) is 5.88 Å². The molecule has 13 heavy (non-hydrogen) atoms. The zero-order valence-electron chi connectivity index (χ0n) is 7.14. The maximum Gasteiger partial charge on any atom is 0.354 e. The van der Waals surface area contributed by atoms with E-state index in [1.807, 2.05) is 0 Å². The van der Waals surface area contributed by atoms with Crippen LogP contribution in [0.3, 0.4) is 0 Å². The molecule has 0 spiro atoms. The quantitative estimate of drug-likeness (QED) is 0.577. The fourth-order valence-corrected chi connectivity index (χ4v) is 1.08. The summed E-state index contributed by atoms with van der Waals surface area (Å²) in [5.74, 6) is -0.826. The average molecular weight is 200 g/mol. The Morgan fingerprint density at radius 1 is 1.62 bits per heavy atom. The predicted octanol–water partition coefficient (Wildman–Crippen LogP) is 0.905. The fourth-order valence-electron chi connectivity index (χ4n) is 0.709. The van der Waals surface area contributed by atoms with Gasteiger partial charge in [0.05, 0.1) is 7.11 Å². The molecule has 1 aromatic rings. The van der Waals surface area contributed by atoms with Crippen LogP contribution in [0.1, 0.15) is 10.5 Å². The molecule has 0 atom stereocenters. The minimum Gasteiger partial charge on any atom is -0.481 e. The summed E-state index contributed by atoms with van der Waals surface area (Å²) in [5.41, 5.74) is -0.0591. The number of hydrogen-bond acceptors (Lipinski definition) is 5. The van der Waals surface area contributed by atoms with Crippen LogP contribution in [-0.4, -0.2) is 34.4 Å². The van der Waals surface area contributed by atoms with Crippen LogP contribution >= 0.6 is 11.8 Å². The van der Waals surface area contributed by atoms with Gasteiger partial charge in [-0.15, -0.1) is 0 Å². The van der Waals surface area contributed by atoms with Gasteiger partial charge >= 0.3 is 5.97 Å². The molecule has 1 rings (SSSR count). The van der Waals surface area contributed by atoms with E-state index in [1.54, 1.807) is 6.26 Å². The van der Waals surface area contributed by atoms with Crippen molar-refractivity contribution in [1.29, 1.82) is 0 Å². The van der Waals surface area contributed by atoms with Gasteiger partial charge in [0.1, 0.15) is 0 Å². The van der Waals surface area contributed by atoms with E-state index in [2.05, 4.69) is 9.97 Å². The van der Waals surface area contributed by atoms with E-state index in [1.165, 1.54) is 24.9 Å². The summed E-state index contributed by atoms with van der Waals surface area (Å²) in [5, 5.41) is 9.06. The zero-order chi connectivity index (χ0) is 9.84. The number of carbonyl (C=O) groups is 1. The number of ether oxygens (including phenoxy) is 1. The number of nitrogens with zero attached hydrogens (tertiary/aromatic N) is 2. The molecule has 0 bridgehead atoms. The van der Waals surface area contributed by atoms with Crippen molar-refractivity contribution in [3.05, 3.63) is 11.8 Å². The number of carboxylic acids is 1. The summed E-state index contributed by atoms with van der Waals surface area (Å²) >= 11 is 1.26. The highest BCUT2D eigenvalue weighted by atomic mass is 32.2. The van der Waals surface area contributed by atoms with E-state index in [4.69, 9.17) is 9.84 Å². The Balaban J connectivity index is 3.14. The molecule has 0 radical (unpaired) electrons. The molecule has 6 heteroatoms. The Labute approximate surface area is 79.2 Å². The Bertz CT molecular complexity index is 307. The number of aromatic nitrogens is 2. The summed E-state index contributed by atoms with van der Waals surface area (Å²) in [6, 6.07) is 1.28. The van der Waals surface area contributed by atoms with Gasteiger partial charge in [0, 0.05) is 6.07 Å². The highest BCUT2D eigenvalue weighted by Crippen LogP contribution is 2.15. The Morgan fingerprint density at radius 2 is 2.31 bits per heavy atom. The van der Waals surface area contributed by atoms with Gasteiger partial charge in [-0.1, -0.05) is 11.8 Å². The van der Waals surface area contributed by atoms with E-state index in [-0.39, 0.29) is 11.6 Å². The summed E-state index contributed by atoms with van der Waals surface area (Å²) in [6.07, 6.45) is 1.76. The zero-order valence-corrected chi connectivity index (χ0v) is 7.96. The van der Waals surface area contributed by atoms with Crippen LogP contribution in [0.4, 0.5) is 0 Å². The van der Waals surface area contributed by atoms with Gasteiger partial charge < -0.3 is 9.84 Å². The van der Waals surface area contributed by atoms with Crippen molar-refractivity contribution in [2.75, 3.05) is 13.4 Å². The van der Waals surface area contributed by atoms with Gasteiger partial charge in [0.15, 0.2) is 10.9 Å². The molecule has 5 nitrogen and oxygen atoms in total. The van der Waals surface area contributed by atoms with Crippen LogP contribution in [-0.2, 0) is 0 Å². The Hall–Kier alpha value is -1.30. The van der Waals surface area contributed by atoms with Crippen molar-refractivity contribution in [1.82, 2.24) is 9.97 Å². The molecule has 1 aromatic heterocycles. The van der Waals surface area contributed by atoms with Crippen molar-refractivity contribution in [2.45, 2.75) is 5.16 Å². The molecule has 0 aliphatic carbocycles. The summed E-state index contributed by atoms with van der Waals surface area (Å²) < 4.78 is 4.82. The van der Waals surface area contributed by atoms with Gasteiger partial charge in [-0.2, -0.15) is 4.98 Å². The molecule has 0 aromatic carbocycles. The first-order chi connectivity index (χ1) is 6.17. The van der Waals surface area contributed by atoms with Gasteiger partial charge in [-0.05, 0) is 6.26 Å². The van der Waals surface area contributed by atoms with Crippen LogP contribution in [0.25, 0.3) is 0 Å². The number of rotatable bonds is 3. The number of thioether (sulfide) groups is 1. The van der Waals surface area contributed by atoms with E-state index in [0.717, 1.165) is 0 Å². The number of hydrogen-bond donors (Lipinski definition) is 1. The van der Waals surface area contributed by atoms with Crippen LogP contribution in [0.2, 0.25) is 0 Å². The molecule has 0 aliphatic heterocycles. The molecule has 0 saturated heterocycles. The van der Waals surface area contributed by atoms with Gasteiger partial charge in [-0.25, -0.2) is 9.78 Å². The maximum absolute atomic E-state index is 10.6. The van der Waals surface area contributed by atoms with E-state index >= 15 is 0 Å². The molecule has 70 valence electrons. The highest BCUT2D eigenvalue weighted by molar-refractivity contribution is 7.98. The summed E-state index contributed by atoms with van der Waals surface area (Å²) in [6.45, 7) is 0. The summed E-state index contributed by atoms with van der Waals surface area (Å²) in [4.78, 5) is 18.3. The van der Waals surface area contributed by atoms with Crippen LogP contribution in [0.15, 0.2) is 11.2 Å². The third-order valence-corrected chi connectivity index (χ3v) is 1.84. The standard InChI is InChI=1S/C7H8N2O3S/c1-12-5-3-4(6(10)11)8-7(9-5)13-2/h3H,1-2H3,(H,10,11). The molecular weight excluding hydrogens is 192 g/mol. The maximum atomic E-state index is 10.6. The lowest BCUT2D eigenvalue weighted by Crippen LogP contribution is -2.03. The molecule has 0 saturated carbocycles. The predicted molar refractivity (Wildman–Crippen MR) is 47.3 cm³/mol. The molecule has 1 heterocycles. The molecular formula is C7H8N2O3S. The lowest BCUT2D eigenvalue weighted by Gasteiger charge is -2.01. The lowest BCUT2D eigenvalue weighted by atomic mass is 10.4. The fraction of sp³-hybridized carbons (Fsp3) is 0.286. The lowest BCUT2D eigenvalue weighted by molar-refractivity contribution is 0.0688. The molecule has 0 amide bonds. The third-order valence-electron chi connectivity index (χ3n) is 1.29.